The molecule has 8 nitrogen and oxygen atoms in total. The van der Waals surface area contributed by atoms with Gasteiger partial charge in [-0.2, -0.15) is 8.42 Å². The molecule has 118 valence electrons. The number of rotatable bonds is 5. The van der Waals surface area contributed by atoms with Gasteiger partial charge in [0.2, 0.25) is 0 Å². The summed E-state index contributed by atoms with van der Waals surface area (Å²) in [7, 11) is -2.67. The maximum absolute atomic E-state index is 11.6. The Morgan fingerprint density at radius 3 is 2.05 bits per heavy atom. The van der Waals surface area contributed by atoms with E-state index in [2.05, 4.69) is 14.2 Å². The Labute approximate surface area is 118 Å². The Kier molecular flexibility index (Phi) is 6.42. The van der Waals surface area contributed by atoms with Gasteiger partial charge in [-0.15, -0.1) is 0 Å². The van der Waals surface area contributed by atoms with Crippen molar-refractivity contribution in [3.63, 3.8) is 0 Å². The van der Waals surface area contributed by atoms with Crippen molar-refractivity contribution in [2.75, 3.05) is 13.4 Å². The Balaban J connectivity index is 4.91. The molecule has 0 heterocycles. The second-order valence-electron chi connectivity index (χ2n) is 5.15. The zero-order valence-corrected chi connectivity index (χ0v) is 13.2. The molecule has 0 saturated carbocycles. The molecule has 0 unspecified atom stereocenters. The molecule has 0 aliphatic carbocycles. The summed E-state index contributed by atoms with van der Waals surface area (Å²) < 4.78 is 36.2. The van der Waals surface area contributed by atoms with Crippen molar-refractivity contribution in [1.82, 2.24) is 5.32 Å². The quantitative estimate of drug-likeness (QED) is 0.579. The molecule has 0 aromatic rings. The summed E-state index contributed by atoms with van der Waals surface area (Å²) in [6.45, 7) is 6.27. The zero-order valence-electron chi connectivity index (χ0n) is 12.4. The number of amides is 1. The third kappa shape index (κ3) is 7.95. The van der Waals surface area contributed by atoms with Crippen molar-refractivity contribution in [2.24, 2.45) is 0 Å². The van der Waals surface area contributed by atoms with Gasteiger partial charge in [-0.1, -0.05) is 0 Å². The Morgan fingerprint density at radius 1 is 1.20 bits per heavy atom. The summed E-state index contributed by atoms with van der Waals surface area (Å²) in [5, 5.41) is 2.22. The van der Waals surface area contributed by atoms with Gasteiger partial charge in [0.15, 0.2) is 6.04 Å². The summed E-state index contributed by atoms with van der Waals surface area (Å²) in [5.74, 6) is -0.841. The number of nitrogens with one attached hydrogen (secondary N) is 1. The van der Waals surface area contributed by atoms with Crippen molar-refractivity contribution in [3.8, 4) is 0 Å². The van der Waals surface area contributed by atoms with Crippen LogP contribution in [0.2, 0.25) is 0 Å². The molecular formula is C11H21NO7S. The molecule has 0 aliphatic rings. The predicted molar refractivity (Wildman–Crippen MR) is 70.6 cm³/mol. The van der Waals surface area contributed by atoms with Crippen LogP contribution in [0.15, 0.2) is 0 Å². The fourth-order valence-corrected chi connectivity index (χ4v) is 1.92. The van der Waals surface area contributed by atoms with Crippen LogP contribution in [0.25, 0.3) is 0 Å². The number of methoxy groups -OCH3 is 1. The number of hydrogen-bond acceptors (Lipinski definition) is 7. The summed E-state index contributed by atoms with van der Waals surface area (Å²) in [6, 6.07) is -1.30. The van der Waals surface area contributed by atoms with E-state index in [-0.39, 0.29) is 0 Å². The minimum absolute atomic E-state index is 0.758. The van der Waals surface area contributed by atoms with Gasteiger partial charge in [-0.3, -0.25) is 4.18 Å². The van der Waals surface area contributed by atoms with Crippen LogP contribution in [0.4, 0.5) is 4.79 Å². The lowest BCUT2D eigenvalue weighted by atomic mass is 10.2. The van der Waals surface area contributed by atoms with Crippen LogP contribution in [0.1, 0.15) is 27.7 Å². The molecule has 0 spiro atoms. The smallest absolute Gasteiger partial charge is 0.408 e. The summed E-state index contributed by atoms with van der Waals surface area (Å²) in [4.78, 5) is 23.2. The van der Waals surface area contributed by atoms with Crippen LogP contribution in [0.3, 0.4) is 0 Å². The summed E-state index contributed by atoms with van der Waals surface area (Å²) in [6.07, 6.45) is -1.17. The van der Waals surface area contributed by atoms with Crippen LogP contribution in [0, 0.1) is 0 Å². The third-order valence-corrected chi connectivity index (χ3v) is 2.58. The highest BCUT2D eigenvalue weighted by Gasteiger charge is 2.32. The molecule has 20 heavy (non-hydrogen) atoms. The highest BCUT2D eigenvalue weighted by molar-refractivity contribution is 7.86. The van der Waals surface area contributed by atoms with Crippen molar-refractivity contribution in [3.05, 3.63) is 0 Å². The van der Waals surface area contributed by atoms with Gasteiger partial charge in [0.1, 0.15) is 11.7 Å². The van der Waals surface area contributed by atoms with Gasteiger partial charge in [-0.25, -0.2) is 9.59 Å². The first-order chi connectivity index (χ1) is 8.85. The third-order valence-electron chi connectivity index (χ3n) is 1.92. The predicted octanol–water partition coefficient (Wildman–Crippen LogP) is 0.417. The Morgan fingerprint density at radius 2 is 1.70 bits per heavy atom. The van der Waals surface area contributed by atoms with E-state index in [0.717, 1.165) is 13.4 Å². The van der Waals surface area contributed by atoms with E-state index in [1.54, 1.807) is 20.8 Å². The van der Waals surface area contributed by atoms with Gasteiger partial charge < -0.3 is 14.8 Å². The minimum Gasteiger partial charge on any atom is -0.467 e. The van der Waals surface area contributed by atoms with Crippen LogP contribution in [-0.4, -0.2) is 51.6 Å². The van der Waals surface area contributed by atoms with Gasteiger partial charge in [-0.05, 0) is 27.7 Å². The lowest BCUT2D eigenvalue weighted by Gasteiger charge is -2.25. The number of ether oxygens (including phenoxy) is 2. The average molecular weight is 311 g/mol. The molecular weight excluding hydrogens is 290 g/mol. The second kappa shape index (κ2) is 6.89. The first-order valence-electron chi connectivity index (χ1n) is 5.81. The highest BCUT2D eigenvalue weighted by Crippen LogP contribution is 2.09. The largest absolute Gasteiger partial charge is 0.467 e. The van der Waals surface area contributed by atoms with E-state index in [0.29, 0.717) is 0 Å². The number of esters is 1. The SMILES string of the molecule is COC(=O)[C@H](NC(=O)OC(C)(C)C)[C@H](C)OS(C)(=O)=O. The monoisotopic (exact) mass is 311 g/mol. The van der Waals surface area contributed by atoms with Crippen LogP contribution < -0.4 is 5.32 Å². The van der Waals surface area contributed by atoms with Crippen molar-refractivity contribution in [1.29, 1.82) is 0 Å². The molecule has 0 aromatic heterocycles. The summed E-state index contributed by atoms with van der Waals surface area (Å²) >= 11 is 0. The minimum atomic E-state index is -3.78. The van der Waals surface area contributed by atoms with E-state index >= 15 is 0 Å². The Hall–Kier alpha value is -1.35. The molecule has 0 aliphatic heterocycles. The zero-order chi connectivity index (χ0) is 16.1. The van der Waals surface area contributed by atoms with Gasteiger partial charge in [0.25, 0.3) is 10.1 Å². The van der Waals surface area contributed by atoms with E-state index in [9.17, 15) is 18.0 Å². The van der Waals surface area contributed by atoms with Gasteiger partial charge in [0.05, 0.1) is 13.4 Å². The number of alkyl carbamates (subject to hydrolysis) is 1. The standard InChI is InChI=1S/C11H21NO7S/c1-7(19-20(6,15)16)8(9(13)17-5)12-10(14)18-11(2,3)4/h7-8H,1-6H3,(H,12,14)/t7-,8+/m0/s1. The molecule has 2 atom stereocenters. The first-order valence-corrected chi connectivity index (χ1v) is 7.63. The lowest BCUT2D eigenvalue weighted by molar-refractivity contribution is -0.145. The molecule has 9 heteroatoms. The molecule has 0 fully saturated rings. The fraction of sp³-hybridized carbons (Fsp3) is 0.818. The lowest BCUT2D eigenvalue weighted by Crippen LogP contribution is -2.50. The molecule has 0 radical (unpaired) electrons. The number of hydrogen-bond donors (Lipinski definition) is 1. The molecule has 1 amide bonds. The second-order valence-corrected chi connectivity index (χ2v) is 6.75. The van der Waals surface area contributed by atoms with Crippen LogP contribution in [0.5, 0.6) is 0 Å². The van der Waals surface area contributed by atoms with E-state index in [1.807, 2.05) is 0 Å². The average Bonchev–Trinajstić information content (AvgIpc) is 2.19. The maximum atomic E-state index is 11.6. The fourth-order valence-electron chi connectivity index (χ4n) is 1.26. The van der Waals surface area contributed by atoms with Crippen LogP contribution >= 0.6 is 0 Å². The van der Waals surface area contributed by atoms with Crippen molar-refractivity contribution < 1.29 is 31.7 Å². The van der Waals surface area contributed by atoms with E-state index in [4.69, 9.17) is 4.74 Å². The van der Waals surface area contributed by atoms with E-state index in [1.165, 1.54) is 6.92 Å². The molecule has 0 saturated heterocycles. The molecule has 0 rings (SSSR count). The molecule has 0 aromatic carbocycles. The highest BCUT2D eigenvalue weighted by atomic mass is 32.2. The summed E-state index contributed by atoms with van der Waals surface area (Å²) in [5.41, 5.74) is -0.758. The van der Waals surface area contributed by atoms with Gasteiger partial charge in [0, 0.05) is 0 Å². The van der Waals surface area contributed by atoms with Crippen molar-refractivity contribution >= 4 is 22.2 Å². The maximum Gasteiger partial charge on any atom is 0.408 e. The molecule has 1 N–H and O–H groups in total. The normalized spacial score (nSPS) is 15.1. The van der Waals surface area contributed by atoms with Gasteiger partial charge >= 0.3 is 12.1 Å². The van der Waals surface area contributed by atoms with E-state index < -0.39 is 39.9 Å². The Bertz CT molecular complexity index is 452. The van der Waals surface area contributed by atoms with Crippen molar-refractivity contribution in [2.45, 2.75) is 45.4 Å². The first kappa shape index (κ1) is 18.7. The number of carbonyl (C=O) groups excluding carboxylic acids is 2. The molecule has 0 bridgehead atoms. The topological polar surface area (TPSA) is 108 Å². The van der Waals surface area contributed by atoms with Crippen LogP contribution in [-0.2, 0) is 28.6 Å². The number of carbonyl (C=O) groups is 2.